The Morgan fingerprint density at radius 2 is 1.49 bits per heavy atom. The first-order chi connectivity index (χ1) is 37.4. The van der Waals surface area contributed by atoms with E-state index in [1.807, 2.05) is 0 Å². The molecule has 3 aromatic rings. The number of benzene rings is 3. The molecule has 12 atom stereocenters. The summed E-state index contributed by atoms with van der Waals surface area (Å²) < 4.78 is 64.5. The minimum Gasteiger partial charge on any atom is -0.497 e. The van der Waals surface area contributed by atoms with Gasteiger partial charge in [-0.15, -0.1) is 0 Å². The van der Waals surface area contributed by atoms with Gasteiger partial charge < -0.3 is 57.2 Å². The van der Waals surface area contributed by atoms with E-state index in [4.69, 9.17) is 86.9 Å². The number of halogens is 3. The number of amides is 1. The van der Waals surface area contributed by atoms with Crippen LogP contribution in [-0.2, 0) is 61.8 Å². The first-order valence-corrected chi connectivity index (χ1v) is 26.8. The molecule has 80 heavy (non-hydrogen) atoms. The maximum atomic E-state index is 16.3. The Balaban J connectivity index is 1.34. The molecule has 0 spiro atoms. The van der Waals surface area contributed by atoms with Gasteiger partial charge in [0.1, 0.15) is 59.8 Å². The molecule has 4 fully saturated rings. The third-order valence-corrected chi connectivity index (χ3v) is 16.1. The lowest BCUT2D eigenvalue weighted by atomic mass is 9.44. The molecule has 0 aromatic heterocycles. The van der Waals surface area contributed by atoms with Crippen LogP contribution in [0.2, 0.25) is 0 Å². The third-order valence-electron chi connectivity index (χ3n) is 15.8. The van der Waals surface area contributed by atoms with Crippen LogP contribution in [0.4, 0.5) is 9.59 Å². The first kappa shape index (κ1) is 59.9. The van der Waals surface area contributed by atoms with Crippen LogP contribution in [0, 0.1) is 16.7 Å². The third kappa shape index (κ3) is 11.0. The average Bonchev–Trinajstić information content (AvgIpc) is 3.95. The summed E-state index contributed by atoms with van der Waals surface area (Å²) in [4.78, 5) is 103. The van der Waals surface area contributed by atoms with Crippen LogP contribution in [-0.4, -0.2) is 137 Å². The van der Waals surface area contributed by atoms with Gasteiger partial charge in [0.15, 0.2) is 29.8 Å². The number of hydrogen-bond donors (Lipinski definition) is 1. The number of alkyl halides is 3. The number of esters is 4. The van der Waals surface area contributed by atoms with Gasteiger partial charge in [-0.3, -0.25) is 19.3 Å². The number of Topliss-reactive ketones (excluding diaryl/α,β-unsaturated/α-hetero) is 1. The van der Waals surface area contributed by atoms with Gasteiger partial charge in [0.25, 0.3) is 0 Å². The van der Waals surface area contributed by atoms with Gasteiger partial charge >= 0.3 is 36.1 Å². The molecule has 5 aliphatic rings. The first-order valence-electron chi connectivity index (χ1n) is 25.7. The summed E-state index contributed by atoms with van der Waals surface area (Å²) in [6.45, 7) is 11.9. The van der Waals surface area contributed by atoms with E-state index in [0.29, 0.717) is 16.9 Å². The van der Waals surface area contributed by atoms with Crippen molar-refractivity contribution < 1.29 is 90.8 Å². The van der Waals surface area contributed by atoms with Crippen molar-refractivity contribution in [2.24, 2.45) is 16.7 Å². The Labute approximate surface area is 477 Å². The van der Waals surface area contributed by atoms with Crippen LogP contribution in [0.15, 0.2) is 90.0 Å². The number of carbonyl (C=O) groups excluding carboxylic acids is 7. The van der Waals surface area contributed by atoms with Crippen molar-refractivity contribution in [3.05, 3.63) is 107 Å². The van der Waals surface area contributed by atoms with Gasteiger partial charge in [0, 0.05) is 43.7 Å². The van der Waals surface area contributed by atoms with Crippen molar-refractivity contribution in [3.63, 3.8) is 0 Å². The van der Waals surface area contributed by atoms with Gasteiger partial charge in [-0.1, -0.05) is 97.2 Å². The summed E-state index contributed by atoms with van der Waals surface area (Å²) in [6.07, 6.45) is -14.8. The van der Waals surface area contributed by atoms with E-state index in [1.165, 1.54) is 58.9 Å². The number of carbonyl (C=O) groups is 7. The topological polar surface area (TPSA) is 244 Å². The second-order valence-electron chi connectivity index (χ2n) is 22.2. The van der Waals surface area contributed by atoms with Crippen LogP contribution in [0.3, 0.4) is 0 Å². The molecular weight excluding hydrogens is 1110 g/mol. The molecule has 2 bridgehead atoms. The standard InChI is InChI=1S/C57H64Cl3NO19/c1-29-37(75-49(66)43-41(32-18-14-12-15-19-32)61(50(67)80-52(4,5)6)47(77-43)35-23-22-34(70-10)24-36(35)71-11)26-56(69)46(78-48(65)33-20-16-13-17-21-33)44-54(9,45(64)42(74-30(2)62)40(29)53(56,7)8)38(76-51(68)73-28-57(58,59)60)25-39-55(44,27-72-39)79-31(3)63/h12-24,37-39,41-44,46-47,69H,25-28H2,1-11H3/t37?,38-,39?,41-,42+,43?,44?,46-,47?,54+,55-,56+/m0/s1. The van der Waals surface area contributed by atoms with Crippen LogP contribution in [0.1, 0.15) is 109 Å². The van der Waals surface area contributed by atoms with Gasteiger partial charge in [-0.2, -0.15) is 0 Å². The molecule has 2 aliphatic heterocycles. The maximum Gasteiger partial charge on any atom is 0.508 e. The summed E-state index contributed by atoms with van der Waals surface area (Å²) in [5, 5.41) is 14.3. The van der Waals surface area contributed by atoms with Crippen LogP contribution in [0.25, 0.3) is 0 Å². The predicted molar refractivity (Wildman–Crippen MR) is 284 cm³/mol. The zero-order chi connectivity index (χ0) is 58.7. The molecule has 432 valence electrons. The maximum absolute atomic E-state index is 16.3. The van der Waals surface area contributed by atoms with Crippen molar-refractivity contribution in [2.75, 3.05) is 27.4 Å². The number of fused-ring (bicyclic) bond motifs is 5. The van der Waals surface area contributed by atoms with Gasteiger partial charge in [0.05, 0.1) is 37.7 Å². The van der Waals surface area contributed by atoms with Crippen molar-refractivity contribution in [2.45, 2.75) is 145 Å². The zero-order valence-corrected chi connectivity index (χ0v) is 48.2. The Morgan fingerprint density at radius 1 is 0.838 bits per heavy atom. The smallest absolute Gasteiger partial charge is 0.497 e. The van der Waals surface area contributed by atoms with Gasteiger partial charge in [-0.05, 0) is 75.6 Å². The molecule has 2 saturated carbocycles. The lowest BCUT2D eigenvalue weighted by molar-refractivity contribution is -0.346. The summed E-state index contributed by atoms with van der Waals surface area (Å²) in [6, 6.07) is 19.8. The molecular formula is C57H64Cl3NO19. The second-order valence-corrected chi connectivity index (χ2v) is 24.7. The molecule has 3 aliphatic carbocycles. The normalized spacial score (nSPS) is 30.6. The molecule has 2 saturated heterocycles. The lowest BCUT2D eigenvalue weighted by Crippen LogP contribution is -2.82. The number of nitrogens with zero attached hydrogens (tertiary/aromatic N) is 1. The monoisotopic (exact) mass is 1170 g/mol. The van der Waals surface area contributed by atoms with E-state index in [2.05, 4.69) is 0 Å². The van der Waals surface area contributed by atoms with E-state index in [-0.39, 0.29) is 28.9 Å². The van der Waals surface area contributed by atoms with E-state index in [0.717, 1.165) is 13.8 Å². The Kier molecular flexibility index (Phi) is 16.7. The number of rotatable bonds is 12. The van der Waals surface area contributed by atoms with Crippen LogP contribution >= 0.6 is 34.8 Å². The molecule has 20 nitrogen and oxygen atoms in total. The molecule has 1 N–H and O–H groups in total. The Hall–Kier alpha value is -6.16. The SMILES string of the molecule is COc1ccc(C2OC(C(=O)OC3C[C@@]4(O)[C@@H](OC(=O)c5ccccc5)C5[C@]6(OC(C)=O)COC6C[C@H](OC(=O)OCC(Cl)(Cl)Cl)[C@@]5(C)C(=O)[C@H](OC(C)=O)C(=C3C)C4(C)C)[C@H](c3ccccc3)N2C(=O)OC(C)(C)C)c(OC)c1. The van der Waals surface area contributed by atoms with Crippen LogP contribution < -0.4 is 9.47 Å². The van der Waals surface area contributed by atoms with Crippen molar-refractivity contribution in [1.29, 1.82) is 0 Å². The minimum atomic E-state index is -2.55. The van der Waals surface area contributed by atoms with Crippen molar-refractivity contribution >= 4 is 76.7 Å². The van der Waals surface area contributed by atoms with Crippen molar-refractivity contribution in [3.8, 4) is 11.5 Å². The summed E-state index contributed by atoms with van der Waals surface area (Å²) in [7, 11) is 2.88. The highest BCUT2D eigenvalue weighted by atomic mass is 35.6. The molecule has 5 unspecified atom stereocenters. The summed E-state index contributed by atoms with van der Waals surface area (Å²) in [5.41, 5.74) is -8.89. The Morgan fingerprint density at radius 3 is 2.05 bits per heavy atom. The number of aliphatic hydroxyl groups is 1. The number of ketones is 1. The second kappa shape index (κ2) is 22.3. The van der Waals surface area contributed by atoms with Gasteiger partial charge in [0.2, 0.25) is 3.79 Å². The summed E-state index contributed by atoms with van der Waals surface area (Å²) in [5.74, 6) is -6.02. The quantitative estimate of drug-likeness (QED) is 0.0770. The molecule has 0 radical (unpaired) electrons. The fourth-order valence-corrected chi connectivity index (χ4v) is 12.3. The zero-order valence-electron chi connectivity index (χ0n) is 45.9. The molecule has 2 heterocycles. The molecule has 3 aromatic carbocycles. The fraction of sp³-hybridized carbons (Fsp3) is 0.526. The molecule has 23 heteroatoms. The summed E-state index contributed by atoms with van der Waals surface area (Å²) >= 11 is 17.8. The minimum absolute atomic E-state index is 0.00252. The highest BCUT2D eigenvalue weighted by Gasteiger charge is 2.79. The lowest BCUT2D eigenvalue weighted by Gasteiger charge is -2.67. The van der Waals surface area contributed by atoms with Gasteiger partial charge in [-0.25, -0.2) is 19.2 Å². The van der Waals surface area contributed by atoms with Crippen LogP contribution in [0.5, 0.6) is 11.5 Å². The predicted octanol–water partition coefficient (Wildman–Crippen LogP) is 8.83. The van der Waals surface area contributed by atoms with Crippen molar-refractivity contribution in [1.82, 2.24) is 4.90 Å². The number of methoxy groups -OCH3 is 2. The molecule has 8 rings (SSSR count). The number of hydrogen-bond acceptors (Lipinski definition) is 19. The average molecular weight is 1170 g/mol. The number of ether oxygens (including phenoxy) is 11. The fourth-order valence-electron chi connectivity index (χ4n) is 12.2. The van der Waals surface area contributed by atoms with E-state index in [1.54, 1.807) is 87.5 Å². The highest BCUT2D eigenvalue weighted by molar-refractivity contribution is 6.67. The van der Waals surface area contributed by atoms with E-state index in [9.17, 15) is 29.1 Å². The Bertz CT molecular complexity index is 2940. The molecule has 1 amide bonds. The highest BCUT2D eigenvalue weighted by Crippen LogP contribution is 2.65. The van der Waals surface area contributed by atoms with E-state index < -0.39 is 148 Å². The van der Waals surface area contributed by atoms with E-state index >= 15 is 9.59 Å². The largest absolute Gasteiger partial charge is 0.508 e.